The van der Waals surface area contributed by atoms with Crippen LogP contribution >= 0.6 is 22.9 Å². The van der Waals surface area contributed by atoms with Gasteiger partial charge in [0.25, 0.3) is 0 Å². The minimum atomic E-state index is -4.38. The zero-order valence-electron chi connectivity index (χ0n) is 16.0. The highest BCUT2D eigenvalue weighted by Crippen LogP contribution is 2.37. The van der Waals surface area contributed by atoms with Crippen LogP contribution in [0.3, 0.4) is 0 Å². The first-order valence-electron chi connectivity index (χ1n) is 8.82. The standard InChI is InChI=1S/C18H19ClF4N4OS2/c1-27(2)15-7-10(18(21,22)23)3-4-13(15)25-14-9-12(20)16(8-11(14)19)30(28)26-17-24-5-6-29-17/h3,5-6,8-9,13,15,25H,4,7H2,1-2H3,(H,24,26)/t13-,15-,30?/m0/s1. The maximum Gasteiger partial charge on any atom is 0.412 e. The van der Waals surface area contributed by atoms with Crippen molar-refractivity contribution in [3.05, 3.63) is 46.2 Å². The number of hydrogen-bond donors (Lipinski definition) is 2. The van der Waals surface area contributed by atoms with Gasteiger partial charge in [0.2, 0.25) is 10.0 Å². The average Bonchev–Trinajstić information content (AvgIpc) is 3.16. The zero-order chi connectivity index (χ0) is 22.1. The highest BCUT2D eigenvalue weighted by molar-refractivity contribution is 7.93. The van der Waals surface area contributed by atoms with Crippen LogP contribution in [0.4, 0.5) is 28.4 Å². The summed E-state index contributed by atoms with van der Waals surface area (Å²) in [5, 5.41) is 5.21. The van der Waals surface area contributed by atoms with Crippen molar-refractivity contribution in [2.45, 2.75) is 36.0 Å². The Hall–Kier alpha value is -1.53. The van der Waals surface area contributed by atoms with E-state index in [1.165, 1.54) is 23.6 Å². The third kappa shape index (κ3) is 5.38. The zero-order valence-corrected chi connectivity index (χ0v) is 18.4. The molecule has 2 aromatic rings. The molecule has 1 aromatic carbocycles. The minimum absolute atomic E-state index is 0.106. The Balaban J connectivity index is 1.79. The van der Waals surface area contributed by atoms with Crippen LogP contribution < -0.4 is 10.0 Å². The van der Waals surface area contributed by atoms with Gasteiger partial charge in [-0.15, -0.1) is 11.3 Å². The Kier molecular flexibility index (Phi) is 7.18. The van der Waals surface area contributed by atoms with E-state index < -0.39 is 41.0 Å². The maximum atomic E-state index is 14.6. The van der Waals surface area contributed by atoms with E-state index in [0.29, 0.717) is 5.13 Å². The summed E-state index contributed by atoms with van der Waals surface area (Å²) >= 11 is 5.56. The second kappa shape index (κ2) is 9.31. The quantitative estimate of drug-likeness (QED) is 0.342. The molecule has 1 aliphatic carbocycles. The summed E-state index contributed by atoms with van der Waals surface area (Å²) in [6.07, 6.45) is -1.78. The lowest BCUT2D eigenvalue weighted by molar-refractivity contribution is -0.0970. The first-order valence-corrected chi connectivity index (χ1v) is 11.2. The number of benzene rings is 1. The van der Waals surface area contributed by atoms with E-state index >= 15 is 0 Å². The molecule has 1 aliphatic rings. The van der Waals surface area contributed by atoms with Crippen LogP contribution in [0.15, 0.2) is 40.3 Å². The number of hydrogen-bond acceptors (Lipinski definition) is 6. The van der Waals surface area contributed by atoms with Crippen molar-refractivity contribution < 1.29 is 22.1 Å². The number of thiazole rings is 1. The number of likely N-dealkylation sites (N-methyl/N-ethyl adjacent to an activating group) is 1. The Morgan fingerprint density at radius 2 is 2.07 bits per heavy atom. The molecule has 0 aliphatic heterocycles. The van der Waals surface area contributed by atoms with Gasteiger partial charge in [0, 0.05) is 41.4 Å². The molecule has 0 saturated heterocycles. The van der Waals surface area contributed by atoms with Crippen molar-refractivity contribution in [1.82, 2.24) is 9.88 Å². The molecular weight excluding hydrogens is 464 g/mol. The highest BCUT2D eigenvalue weighted by atomic mass is 35.5. The predicted molar refractivity (Wildman–Crippen MR) is 112 cm³/mol. The summed E-state index contributed by atoms with van der Waals surface area (Å²) in [7, 11) is 3.38. The molecular formula is C18H19ClF4N4OS2. The molecule has 0 saturated carbocycles. The van der Waals surface area contributed by atoms with E-state index in [9.17, 15) is 22.1 Å². The summed E-state index contributed by atoms with van der Waals surface area (Å²) in [6.45, 7) is 0. The molecule has 0 radical (unpaired) electrons. The van der Waals surface area contributed by atoms with Gasteiger partial charge in [0.1, 0.15) is 11.4 Å². The van der Waals surface area contributed by atoms with E-state index in [1.54, 1.807) is 24.4 Å². The SMILES string of the molecule is CN(C)[C@H]1CC(C(F)(F)F)=CC[C@@H]1Nc1cc(F)c([S+]([O-])Nc2nccs2)cc1Cl. The fraction of sp³-hybridized carbons (Fsp3) is 0.389. The first kappa shape index (κ1) is 23.1. The Labute approximate surface area is 183 Å². The van der Waals surface area contributed by atoms with Gasteiger partial charge >= 0.3 is 6.18 Å². The largest absolute Gasteiger partial charge is 0.588 e. The lowest BCUT2D eigenvalue weighted by atomic mass is 9.89. The maximum absolute atomic E-state index is 14.6. The number of aromatic nitrogens is 1. The Bertz CT molecular complexity index is 908. The monoisotopic (exact) mass is 482 g/mol. The van der Waals surface area contributed by atoms with Gasteiger partial charge in [-0.25, -0.2) is 9.37 Å². The molecule has 1 heterocycles. The van der Waals surface area contributed by atoms with Crippen LogP contribution in [0.5, 0.6) is 0 Å². The van der Waals surface area contributed by atoms with Gasteiger partial charge in [-0.3, -0.25) is 0 Å². The van der Waals surface area contributed by atoms with Gasteiger partial charge in [0.05, 0.1) is 10.7 Å². The van der Waals surface area contributed by atoms with Crippen molar-refractivity contribution in [2.75, 3.05) is 24.1 Å². The van der Waals surface area contributed by atoms with Crippen LogP contribution in [0.1, 0.15) is 12.8 Å². The van der Waals surface area contributed by atoms with E-state index in [1.807, 2.05) is 0 Å². The molecule has 3 rings (SSSR count). The smallest absolute Gasteiger partial charge is 0.412 e. The van der Waals surface area contributed by atoms with Crippen LogP contribution in [0.2, 0.25) is 5.02 Å². The molecule has 2 N–H and O–H groups in total. The summed E-state index contributed by atoms with van der Waals surface area (Å²) in [6, 6.07) is 1.47. The van der Waals surface area contributed by atoms with Gasteiger partial charge in [-0.1, -0.05) is 17.7 Å². The second-order valence-corrected chi connectivity index (χ2v) is 9.40. The molecule has 164 valence electrons. The summed E-state index contributed by atoms with van der Waals surface area (Å²) in [4.78, 5) is 5.48. The van der Waals surface area contributed by atoms with Crippen LogP contribution in [-0.2, 0) is 11.4 Å². The molecule has 12 heteroatoms. The van der Waals surface area contributed by atoms with Crippen molar-refractivity contribution in [1.29, 1.82) is 0 Å². The molecule has 1 aromatic heterocycles. The summed E-state index contributed by atoms with van der Waals surface area (Å²) in [5.74, 6) is -0.756. The van der Waals surface area contributed by atoms with Crippen LogP contribution in [0.25, 0.3) is 0 Å². The van der Waals surface area contributed by atoms with Crippen molar-refractivity contribution in [3.63, 3.8) is 0 Å². The summed E-state index contributed by atoms with van der Waals surface area (Å²) < 4.78 is 68.9. The van der Waals surface area contributed by atoms with Gasteiger partial charge in [-0.05, 0) is 26.9 Å². The van der Waals surface area contributed by atoms with E-state index in [0.717, 1.165) is 12.1 Å². The average molecular weight is 483 g/mol. The van der Waals surface area contributed by atoms with Gasteiger partial charge < -0.3 is 14.8 Å². The van der Waals surface area contributed by atoms with Crippen LogP contribution in [-0.4, -0.2) is 46.8 Å². The second-order valence-electron chi connectivity index (χ2n) is 6.92. The number of halogens is 5. The van der Waals surface area contributed by atoms with Crippen LogP contribution in [0, 0.1) is 5.82 Å². The number of nitrogens with zero attached hydrogens (tertiary/aromatic N) is 2. The predicted octanol–water partition coefficient (Wildman–Crippen LogP) is 5.06. The topological polar surface area (TPSA) is 63.2 Å². The minimum Gasteiger partial charge on any atom is -0.588 e. The highest BCUT2D eigenvalue weighted by Gasteiger charge is 2.40. The molecule has 5 nitrogen and oxygen atoms in total. The van der Waals surface area contributed by atoms with Crippen molar-refractivity contribution in [3.8, 4) is 0 Å². The fourth-order valence-corrected chi connectivity index (χ4v) is 5.05. The number of alkyl halides is 3. The Morgan fingerprint density at radius 3 is 2.67 bits per heavy atom. The number of anilines is 2. The molecule has 30 heavy (non-hydrogen) atoms. The molecule has 0 spiro atoms. The Morgan fingerprint density at radius 1 is 1.33 bits per heavy atom. The third-order valence-electron chi connectivity index (χ3n) is 4.71. The van der Waals surface area contributed by atoms with Gasteiger partial charge in [0.15, 0.2) is 5.82 Å². The number of rotatable bonds is 6. The normalized spacial score (nSPS) is 20.8. The van der Waals surface area contributed by atoms with E-state index in [2.05, 4.69) is 15.0 Å². The van der Waals surface area contributed by atoms with Crippen molar-refractivity contribution in [2.24, 2.45) is 0 Å². The lowest BCUT2D eigenvalue weighted by Gasteiger charge is -2.37. The molecule has 0 fully saturated rings. The molecule has 0 bridgehead atoms. The molecule has 3 atom stereocenters. The first-order chi connectivity index (χ1) is 14.1. The third-order valence-corrected chi connectivity index (χ3v) is 6.94. The van der Waals surface area contributed by atoms with E-state index in [-0.39, 0.29) is 28.4 Å². The summed E-state index contributed by atoms with van der Waals surface area (Å²) in [5.41, 5.74) is -0.347. The molecule has 1 unspecified atom stereocenters. The lowest BCUT2D eigenvalue weighted by Crippen LogP contribution is -2.46. The van der Waals surface area contributed by atoms with Gasteiger partial charge in [-0.2, -0.15) is 17.9 Å². The van der Waals surface area contributed by atoms with Crippen molar-refractivity contribution >= 4 is 45.1 Å². The fourth-order valence-electron chi connectivity index (χ4n) is 3.20. The molecule has 0 amide bonds. The number of nitrogens with one attached hydrogen (secondary N) is 2. The van der Waals surface area contributed by atoms with E-state index in [4.69, 9.17) is 11.6 Å².